The number of hydrogen-bond donors (Lipinski definition) is 3. The first-order chi connectivity index (χ1) is 9.81. The second-order valence-electron chi connectivity index (χ2n) is 4.29. The maximum atomic E-state index is 13.7. The molecule has 2 rings (SSSR count). The molecule has 0 unspecified atom stereocenters. The van der Waals surface area contributed by atoms with E-state index in [1.165, 1.54) is 13.1 Å². The highest BCUT2D eigenvalue weighted by Crippen LogP contribution is 2.20. The van der Waals surface area contributed by atoms with E-state index in [2.05, 4.69) is 14.9 Å². The van der Waals surface area contributed by atoms with Crippen LogP contribution in [0, 0.1) is 12.7 Å². The Morgan fingerprint density at radius 3 is 2.76 bits per heavy atom. The van der Waals surface area contributed by atoms with Crippen molar-refractivity contribution in [2.75, 3.05) is 0 Å². The number of H-pyrrole nitrogens is 1. The van der Waals surface area contributed by atoms with Crippen molar-refractivity contribution in [2.24, 2.45) is 0 Å². The minimum absolute atomic E-state index is 0.0688. The van der Waals surface area contributed by atoms with Gasteiger partial charge in [-0.15, -0.1) is 0 Å². The number of rotatable bonds is 5. The predicted molar refractivity (Wildman–Crippen MR) is 70.7 cm³/mol. The third kappa shape index (κ3) is 3.26. The fraction of sp³-hybridized carbons (Fsp3) is 0.167. The zero-order chi connectivity index (χ0) is 15.6. The van der Waals surface area contributed by atoms with Gasteiger partial charge < -0.3 is 5.11 Å². The highest BCUT2D eigenvalue weighted by Gasteiger charge is 2.22. The minimum Gasteiger partial charge on any atom is -0.478 e. The molecule has 0 fully saturated rings. The van der Waals surface area contributed by atoms with E-state index in [0.29, 0.717) is 5.69 Å². The Morgan fingerprint density at radius 1 is 1.48 bits per heavy atom. The zero-order valence-electron chi connectivity index (χ0n) is 10.9. The number of carboxylic acid groups (broad SMARTS) is 1. The van der Waals surface area contributed by atoms with Crippen molar-refractivity contribution >= 4 is 16.0 Å². The molecular formula is C12H12FN3O4S. The lowest BCUT2D eigenvalue weighted by atomic mass is 10.1. The average molecular weight is 313 g/mol. The van der Waals surface area contributed by atoms with Crippen LogP contribution < -0.4 is 4.72 Å². The second kappa shape index (κ2) is 5.62. The van der Waals surface area contributed by atoms with Crippen molar-refractivity contribution in [1.82, 2.24) is 14.9 Å². The summed E-state index contributed by atoms with van der Waals surface area (Å²) in [7, 11) is -4.05. The van der Waals surface area contributed by atoms with Gasteiger partial charge in [0.25, 0.3) is 0 Å². The van der Waals surface area contributed by atoms with E-state index in [9.17, 15) is 17.6 Å². The van der Waals surface area contributed by atoms with Gasteiger partial charge in [-0.05, 0) is 25.1 Å². The Labute approximate surface area is 119 Å². The highest BCUT2D eigenvalue weighted by molar-refractivity contribution is 7.89. The van der Waals surface area contributed by atoms with Crippen LogP contribution in [0.15, 0.2) is 29.3 Å². The number of hydrogen-bond acceptors (Lipinski definition) is 4. The molecule has 3 N–H and O–H groups in total. The molecule has 0 aliphatic carbocycles. The lowest BCUT2D eigenvalue weighted by Gasteiger charge is -2.10. The molecule has 1 aromatic carbocycles. The summed E-state index contributed by atoms with van der Waals surface area (Å²) in [5.41, 5.74) is -0.0526. The number of carbonyl (C=O) groups is 1. The molecule has 1 aromatic heterocycles. The zero-order valence-corrected chi connectivity index (χ0v) is 11.7. The molecule has 0 atom stereocenters. The summed E-state index contributed by atoms with van der Waals surface area (Å²) in [6.07, 6.45) is 1.46. The average Bonchev–Trinajstić information content (AvgIpc) is 2.92. The van der Waals surface area contributed by atoms with Crippen LogP contribution in [-0.2, 0) is 16.6 Å². The van der Waals surface area contributed by atoms with Crippen LogP contribution in [0.25, 0.3) is 0 Å². The molecule has 9 heteroatoms. The van der Waals surface area contributed by atoms with Crippen LogP contribution in [0.5, 0.6) is 0 Å². The Hall–Kier alpha value is -2.26. The molecule has 1 heterocycles. The molecule has 0 aliphatic heterocycles. The van der Waals surface area contributed by atoms with Gasteiger partial charge in [0.05, 0.1) is 22.7 Å². The number of nitrogens with zero attached hydrogens (tertiary/aromatic N) is 1. The van der Waals surface area contributed by atoms with E-state index in [-0.39, 0.29) is 12.1 Å². The summed E-state index contributed by atoms with van der Waals surface area (Å²) in [4.78, 5) is 10.5. The van der Waals surface area contributed by atoms with Gasteiger partial charge in [-0.2, -0.15) is 5.10 Å². The maximum Gasteiger partial charge on any atom is 0.335 e. The van der Waals surface area contributed by atoms with Crippen molar-refractivity contribution in [3.63, 3.8) is 0 Å². The number of halogens is 1. The fourth-order valence-electron chi connectivity index (χ4n) is 1.69. The second-order valence-corrected chi connectivity index (χ2v) is 6.03. The predicted octanol–water partition coefficient (Wildman–Crippen LogP) is 1.03. The van der Waals surface area contributed by atoms with Gasteiger partial charge in [0.15, 0.2) is 0 Å². The van der Waals surface area contributed by atoms with E-state index in [1.54, 1.807) is 6.07 Å². The number of nitrogens with one attached hydrogen (secondary N) is 2. The summed E-state index contributed by atoms with van der Waals surface area (Å²) in [5, 5.41) is 15.1. The van der Waals surface area contributed by atoms with Gasteiger partial charge >= 0.3 is 5.97 Å². The normalized spacial score (nSPS) is 11.5. The number of aromatic nitrogens is 2. The summed E-state index contributed by atoms with van der Waals surface area (Å²) in [6.45, 7) is 1.20. The first kappa shape index (κ1) is 15.1. The first-order valence-electron chi connectivity index (χ1n) is 5.82. The monoisotopic (exact) mass is 313 g/mol. The molecule has 112 valence electrons. The highest BCUT2D eigenvalue weighted by atomic mass is 32.2. The van der Waals surface area contributed by atoms with E-state index in [4.69, 9.17) is 5.11 Å². The van der Waals surface area contributed by atoms with Crippen molar-refractivity contribution < 1.29 is 22.7 Å². The van der Waals surface area contributed by atoms with Crippen LogP contribution in [-0.4, -0.2) is 29.7 Å². The van der Waals surface area contributed by atoms with Crippen molar-refractivity contribution in [2.45, 2.75) is 18.4 Å². The van der Waals surface area contributed by atoms with Gasteiger partial charge in [0.1, 0.15) is 5.82 Å². The lowest BCUT2D eigenvalue weighted by molar-refractivity contribution is 0.0696. The summed E-state index contributed by atoms with van der Waals surface area (Å²) in [5.74, 6) is -2.30. The van der Waals surface area contributed by atoms with Crippen LogP contribution in [0.4, 0.5) is 4.39 Å². The number of sulfonamides is 1. The van der Waals surface area contributed by atoms with Crippen molar-refractivity contribution in [3.8, 4) is 0 Å². The molecule has 0 saturated carbocycles. The maximum absolute atomic E-state index is 13.7. The third-order valence-corrected chi connectivity index (χ3v) is 4.37. The van der Waals surface area contributed by atoms with Gasteiger partial charge in [-0.3, -0.25) is 5.10 Å². The molecule has 2 aromatic rings. The molecular weight excluding hydrogens is 301 g/mol. The Balaban J connectivity index is 2.37. The van der Waals surface area contributed by atoms with Crippen LogP contribution in [0.1, 0.15) is 21.6 Å². The van der Waals surface area contributed by atoms with Crippen LogP contribution >= 0.6 is 0 Å². The van der Waals surface area contributed by atoms with Crippen molar-refractivity contribution in [1.29, 1.82) is 0 Å². The molecule has 7 nitrogen and oxygen atoms in total. The fourth-order valence-corrected chi connectivity index (χ4v) is 2.97. The van der Waals surface area contributed by atoms with Gasteiger partial charge in [-0.25, -0.2) is 22.3 Å². The van der Waals surface area contributed by atoms with Gasteiger partial charge in [-0.1, -0.05) is 0 Å². The van der Waals surface area contributed by atoms with E-state index in [1.807, 2.05) is 0 Å². The quantitative estimate of drug-likeness (QED) is 0.763. The van der Waals surface area contributed by atoms with E-state index in [0.717, 1.165) is 12.1 Å². The van der Waals surface area contributed by atoms with Crippen molar-refractivity contribution in [3.05, 3.63) is 47.0 Å². The van der Waals surface area contributed by atoms with E-state index >= 15 is 0 Å². The molecule has 21 heavy (non-hydrogen) atoms. The topological polar surface area (TPSA) is 112 Å². The molecule has 0 aliphatic rings. The molecule has 0 spiro atoms. The minimum atomic E-state index is -4.05. The molecule has 0 amide bonds. The first-order valence-corrected chi connectivity index (χ1v) is 7.31. The number of aromatic carboxylic acids is 1. The largest absolute Gasteiger partial charge is 0.478 e. The standard InChI is InChI=1S/C12H12FN3O4S/c1-7-10(13)4-8(12(17)18)5-11(7)21(19,20)15-6-9-2-3-14-16-9/h2-5,15H,6H2,1H3,(H,14,16)(H,17,18). The SMILES string of the molecule is Cc1c(F)cc(C(=O)O)cc1S(=O)(=O)NCc1ccn[nH]1. The molecule has 0 saturated heterocycles. The van der Waals surface area contributed by atoms with Crippen LogP contribution in [0.2, 0.25) is 0 Å². The van der Waals surface area contributed by atoms with E-state index < -0.39 is 32.3 Å². The Bertz CT molecular complexity index is 772. The number of benzene rings is 1. The number of carboxylic acids is 1. The Kier molecular flexibility index (Phi) is 4.05. The third-order valence-electron chi connectivity index (χ3n) is 2.84. The molecule has 0 bridgehead atoms. The smallest absolute Gasteiger partial charge is 0.335 e. The lowest BCUT2D eigenvalue weighted by Crippen LogP contribution is -2.25. The molecule has 0 radical (unpaired) electrons. The Morgan fingerprint density at radius 2 is 2.19 bits per heavy atom. The summed E-state index contributed by atoms with van der Waals surface area (Å²) < 4.78 is 40.3. The summed E-state index contributed by atoms with van der Waals surface area (Å²) >= 11 is 0. The number of aromatic amines is 1. The van der Waals surface area contributed by atoms with Crippen LogP contribution in [0.3, 0.4) is 0 Å². The summed E-state index contributed by atoms with van der Waals surface area (Å²) in [6, 6.07) is 3.28. The van der Waals surface area contributed by atoms with Gasteiger partial charge in [0.2, 0.25) is 10.0 Å². The van der Waals surface area contributed by atoms with Gasteiger partial charge in [0, 0.05) is 11.8 Å².